The molecule has 0 aliphatic rings. The van der Waals surface area contributed by atoms with Crippen LogP contribution in [0.4, 0.5) is 5.82 Å². The van der Waals surface area contributed by atoms with E-state index in [1.165, 1.54) is 0 Å². The molecule has 8 nitrogen and oxygen atoms in total. The number of nitrogens with zero attached hydrogens (tertiary/aromatic N) is 2. The maximum atomic E-state index is 12.3. The van der Waals surface area contributed by atoms with Crippen molar-refractivity contribution in [3.63, 3.8) is 0 Å². The first kappa shape index (κ1) is 21.0. The Kier molecular flexibility index (Phi) is 7.62. The van der Waals surface area contributed by atoms with Crippen LogP contribution >= 0.6 is 0 Å². The predicted molar refractivity (Wildman–Crippen MR) is 107 cm³/mol. The van der Waals surface area contributed by atoms with Crippen molar-refractivity contribution < 1.29 is 19.1 Å². The summed E-state index contributed by atoms with van der Waals surface area (Å²) < 4.78 is 10.5. The van der Waals surface area contributed by atoms with Crippen LogP contribution in [0.2, 0.25) is 0 Å². The van der Waals surface area contributed by atoms with Gasteiger partial charge in [0.1, 0.15) is 17.3 Å². The van der Waals surface area contributed by atoms with Gasteiger partial charge < -0.3 is 25.0 Å². The van der Waals surface area contributed by atoms with Gasteiger partial charge in [0, 0.05) is 26.8 Å². The van der Waals surface area contributed by atoms with E-state index in [2.05, 4.69) is 15.6 Å². The number of pyridine rings is 1. The Labute approximate surface area is 164 Å². The molecule has 0 aliphatic carbocycles. The van der Waals surface area contributed by atoms with Crippen molar-refractivity contribution in [2.45, 2.75) is 6.42 Å². The van der Waals surface area contributed by atoms with E-state index in [-0.39, 0.29) is 18.4 Å². The smallest absolute Gasteiger partial charge is 0.255 e. The number of hydrogen-bond acceptors (Lipinski definition) is 6. The minimum atomic E-state index is -0.346. The van der Waals surface area contributed by atoms with Gasteiger partial charge in [-0.2, -0.15) is 0 Å². The van der Waals surface area contributed by atoms with Crippen LogP contribution in [-0.4, -0.2) is 58.2 Å². The molecule has 8 heteroatoms. The van der Waals surface area contributed by atoms with Gasteiger partial charge in [-0.25, -0.2) is 4.98 Å². The maximum Gasteiger partial charge on any atom is 0.255 e. The third kappa shape index (κ3) is 5.60. The summed E-state index contributed by atoms with van der Waals surface area (Å²) in [6.45, 7) is 0.296. The number of hydrogen-bond donors (Lipinski definition) is 2. The van der Waals surface area contributed by atoms with Gasteiger partial charge in [-0.3, -0.25) is 9.59 Å². The van der Waals surface area contributed by atoms with Crippen LogP contribution in [-0.2, 0) is 11.2 Å². The molecule has 2 aromatic rings. The lowest BCUT2D eigenvalue weighted by Crippen LogP contribution is -2.38. The number of carbonyl (C=O) groups is 2. The standard InChI is InChI=1S/C20H26N4O4/c1-24(2)19-16(6-5-10-22-19)20(26)23-13-18(25)21-11-9-14-12-15(27-3)7-8-17(14)28-4/h5-8,10,12H,9,11,13H2,1-4H3,(H,21,25)(H,23,26). The molecule has 0 aliphatic heterocycles. The number of benzene rings is 1. The Balaban J connectivity index is 1.85. The molecule has 150 valence electrons. The van der Waals surface area contributed by atoms with Gasteiger partial charge in [0.15, 0.2) is 0 Å². The van der Waals surface area contributed by atoms with E-state index in [0.717, 1.165) is 17.1 Å². The summed E-state index contributed by atoms with van der Waals surface area (Å²) in [5, 5.41) is 5.41. The Morgan fingerprint density at radius 2 is 1.89 bits per heavy atom. The Morgan fingerprint density at radius 1 is 1.11 bits per heavy atom. The van der Waals surface area contributed by atoms with E-state index >= 15 is 0 Å². The highest BCUT2D eigenvalue weighted by Gasteiger charge is 2.14. The molecular weight excluding hydrogens is 360 g/mol. The van der Waals surface area contributed by atoms with Gasteiger partial charge in [0.2, 0.25) is 5.91 Å². The minimum absolute atomic E-state index is 0.115. The maximum absolute atomic E-state index is 12.3. The van der Waals surface area contributed by atoms with E-state index in [1.807, 2.05) is 18.2 Å². The zero-order valence-electron chi connectivity index (χ0n) is 16.6. The summed E-state index contributed by atoms with van der Waals surface area (Å²) in [5.41, 5.74) is 1.35. The first-order valence-corrected chi connectivity index (χ1v) is 8.84. The lowest BCUT2D eigenvalue weighted by atomic mass is 10.1. The summed E-state index contributed by atoms with van der Waals surface area (Å²) in [7, 11) is 6.80. The molecule has 0 atom stereocenters. The van der Waals surface area contributed by atoms with Gasteiger partial charge in [-0.1, -0.05) is 0 Å². The third-order valence-electron chi connectivity index (χ3n) is 4.07. The topological polar surface area (TPSA) is 92.8 Å². The number of amides is 2. The van der Waals surface area contributed by atoms with Gasteiger partial charge in [0.05, 0.1) is 26.3 Å². The summed E-state index contributed by atoms with van der Waals surface area (Å²) in [4.78, 5) is 30.3. The van der Waals surface area contributed by atoms with Crippen molar-refractivity contribution in [2.75, 3.05) is 46.3 Å². The number of rotatable bonds is 9. The highest BCUT2D eigenvalue weighted by Crippen LogP contribution is 2.24. The van der Waals surface area contributed by atoms with Crippen molar-refractivity contribution in [2.24, 2.45) is 0 Å². The number of anilines is 1. The van der Waals surface area contributed by atoms with Crippen LogP contribution in [0.15, 0.2) is 36.5 Å². The summed E-state index contributed by atoms with van der Waals surface area (Å²) in [5.74, 6) is 1.39. The Hall–Kier alpha value is -3.29. The second kappa shape index (κ2) is 10.1. The van der Waals surface area contributed by atoms with Crippen molar-refractivity contribution in [3.05, 3.63) is 47.7 Å². The van der Waals surface area contributed by atoms with Gasteiger partial charge >= 0.3 is 0 Å². The van der Waals surface area contributed by atoms with Crippen LogP contribution in [0.25, 0.3) is 0 Å². The van der Waals surface area contributed by atoms with E-state index in [0.29, 0.717) is 24.3 Å². The zero-order chi connectivity index (χ0) is 20.5. The van der Waals surface area contributed by atoms with Gasteiger partial charge in [-0.05, 0) is 42.3 Å². The molecule has 2 amide bonds. The van der Waals surface area contributed by atoms with Crippen molar-refractivity contribution in [3.8, 4) is 11.5 Å². The SMILES string of the molecule is COc1ccc(OC)c(CCNC(=O)CNC(=O)c2cccnc2N(C)C)c1. The molecule has 0 saturated heterocycles. The fraction of sp³-hybridized carbons (Fsp3) is 0.350. The fourth-order valence-corrected chi connectivity index (χ4v) is 2.66. The Bertz CT molecular complexity index is 824. The van der Waals surface area contributed by atoms with Crippen molar-refractivity contribution in [1.29, 1.82) is 0 Å². The molecule has 1 heterocycles. The van der Waals surface area contributed by atoms with Gasteiger partial charge in [0.25, 0.3) is 5.91 Å². The Morgan fingerprint density at radius 3 is 2.57 bits per heavy atom. The number of aromatic nitrogens is 1. The molecular formula is C20H26N4O4. The average molecular weight is 386 g/mol. The monoisotopic (exact) mass is 386 g/mol. The molecule has 1 aromatic carbocycles. The van der Waals surface area contributed by atoms with Crippen LogP contribution in [0.5, 0.6) is 11.5 Å². The third-order valence-corrected chi connectivity index (χ3v) is 4.07. The first-order chi connectivity index (χ1) is 13.5. The molecule has 0 bridgehead atoms. The van der Waals surface area contributed by atoms with Crippen LogP contribution in [0, 0.1) is 0 Å². The van der Waals surface area contributed by atoms with E-state index < -0.39 is 0 Å². The lowest BCUT2D eigenvalue weighted by molar-refractivity contribution is -0.120. The molecule has 0 unspecified atom stereocenters. The molecule has 0 radical (unpaired) electrons. The summed E-state index contributed by atoms with van der Waals surface area (Å²) in [6.07, 6.45) is 2.19. The van der Waals surface area contributed by atoms with E-state index in [4.69, 9.17) is 9.47 Å². The number of nitrogens with one attached hydrogen (secondary N) is 2. The molecule has 0 spiro atoms. The number of methoxy groups -OCH3 is 2. The summed E-state index contributed by atoms with van der Waals surface area (Å²) in [6, 6.07) is 8.87. The largest absolute Gasteiger partial charge is 0.497 e. The van der Waals surface area contributed by atoms with Crippen molar-refractivity contribution in [1.82, 2.24) is 15.6 Å². The second-order valence-corrected chi connectivity index (χ2v) is 6.23. The highest BCUT2D eigenvalue weighted by atomic mass is 16.5. The molecule has 28 heavy (non-hydrogen) atoms. The quantitative estimate of drug-likeness (QED) is 0.674. The number of carbonyl (C=O) groups excluding carboxylic acids is 2. The van der Waals surface area contributed by atoms with E-state index in [9.17, 15) is 9.59 Å². The fourth-order valence-electron chi connectivity index (χ4n) is 2.66. The molecule has 0 saturated carbocycles. The van der Waals surface area contributed by atoms with Crippen LogP contribution in [0.1, 0.15) is 15.9 Å². The first-order valence-electron chi connectivity index (χ1n) is 8.84. The van der Waals surface area contributed by atoms with Gasteiger partial charge in [-0.15, -0.1) is 0 Å². The lowest BCUT2D eigenvalue weighted by Gasteiger charge is -2.15. The predicted octanol–water partition coefficient (Wildman–Crippen LogP) is 1.25. The molecule has 2 rings (SSSR count). The van der Waals surface area contributed by atoms with E-state index in [1.54, 1.807) is 51.5 Å². The molecule has 2 N–H and O–H groups in total. The second-order valence-electron chi connectivity index (χ2n) is 6.23. The van der Waals surface area contributed by atoms with Crippen LogP contribution in [0.3, 0.4) is 0 Å². The van der Waals surface area contributed by atoms with Crippen molar-refractivity contribution >= 4 is 17.6 Å². The zero-order valence-corrected chi connectivity index (χ0v) is 16.6. The van der Waals surface area contributed by atoms with Crippen LogP contribution < -0.4 is 25.0 Å². The molecule has 1 aromatic heterocycles. The minimum Gasteiger partial charge on any atom is -0.497 e. The summed E-state index contributed by atoms with van der Waals surface area (Å²) >= 11 is 0. The molecule has 0 fully saturated rings. The normalized spacial score (nSPS) is 10.1. The number of ether oxygens (including phenoxy) is 2. The highest BCUT2D eigenvalue weighted by molar-refractivity contribution is 6.00. The average Bonchev–Trinajstić information content (AvgIpc) is 2.71.